The molecular formula is C29H27NO4S. The Labute approximate surface area is 207 Å². The lowest BCUT2D eigenvalue weighted by Crippen LogP contribution is -2.25. The predicted molar refractivity (Wildman–Crippen MR) is 137 cm³/mol. The van der Waals surface area contributed by atoms with E-state index >= 15 is 0 Å². The number of benzene rings is 3. The number of Topliss-reactive ketones (excluding diaryl/α,β-unsaturated/α-hetero) is 1. The number of nitrogens with zero attached hydrogens (tertiary/aromatic N) is 1. The standard InChI is InChI=1S/C29H27NO4S/c1-5-35(32,33)28-16-10-24(11-17-28)21-26(31)20-23-8-6-22(7-9-23)18-19-29(2,3)34-27-14-12-25(30-4)13-15-27/h6-17H,5,20-21H2,1-3H3. The molecule has 3 aromatic carbocycles. The number of sulfone groups is 1. The van der Waals surface area contributed by atoms with Gasteiger partial charge in [-0.15, -0.1) is 0 Å². The molecule has 3 rings (SSSR count). The maximum absolute atomic E-state index is 12.5. The molecule has 0 radical (unpaired) electrons. The zero-order valence-electron chi connectivity index (χ0n) is 20.0. The van der Waals surface area contributed by atoms with Crippen LogP contribution in [0.5, 0.6) is 5.75 Å². The van der Waals surface area contributed by atoms with Crippen molar-refractivity contribution in [2.24, 2.45) is 0 Å². The molecule has 0 saturated heterocycles. The topological polar surface area (TPSA) is 64.8 Å². The molecule has 0 N–H and O–H groups in total. The summed E-state index contributed by atoms with van der Waals surface area (Å²) in [6.45, 7) is 12.4. The van der Waals surface area contributed by atoms with Gasteiger partial charge in [-0.2, -0.15) is 0 Å². The minimum absolute atomic E-state index is 0.0497. The van der Waals surface area contributed by atoms with Gasteiger partial charge in [0.25, 0.3) is 0 Å². The van der Waals surface area contributed by atoms with Crippen LogP contribution in [0.3, 0.4) is 0 Å². The van der Waals surface area contributed by atoms with Crippen molar-refractivity contribution in [1.82, 2.24) is 0 Å². The Morgan fingerprint density at radius 1 is 0.914 bits per heavy atom. The summed E-state index contributed by atoms with van der Waals surface area (Å²) in [7, 11) is -3.24. The molecule has 0 fully saturated rings. The van der Waals surface area contributed by atoms with Gasteiger partial charge in [-0.1, -0.05) is 55.2 Å². The summed E-state index contributed by atoms with van der Waals surface area (Å²) in [4.78, 5) is 16.1. The molecule has 0 amide bonds. The number of rotatable bonds is 8. The molecule has 0 atom stereocenters. The van der Waals surface area contributed by atoms with Gasteiger partial charge in [-0.25, -0.2) is 13.3 Å². The van der Waals surface area contributed by atoms with Crippen LogP contribution < -0.4 is 4.74 Å². The van der Waals surface area contributed by atoms with Crippen LogP contribution in [-0.4, -0.2) is 25.6 Å². The van der Waals surface area contributed by atoms with Crippen molar-refractivity contribution >= 4 is 21.3 Å². The Bertz CT molecular complexity index is 1390. The number of hydrogen-bond acceptors (Lipinski definition) is 4. The van der Waals surface area contributed by atoms with E-state index in [0.717, 1.165) is 16.7 Å². The lowest BCUT2D eigenvalue weighted by molar-refractivity contribution is -0.117. The monoisotopic (exact) mass is 485 g/mol. The molecule has 0 spiro atoms. The van der Waals surface area contributed by atoms with Crippen molar-refractivity contribution in [2.75, 3.05) is 5.75 Å². The van der Waals surface area contributed by atoms with Crippen molar-refractivity contribution in [3.05, 3.63) is 101 Å². The van der Waals surface area contributed by atoms with Crippen molar-refractivity contribution in [1.29, 1.82) is 0 Å². The van der Waals surface area contributed by atoms with Gasteiger partial charge in [0.05, 0.1) is 17.2 Å². The third kappa shape index (κ3) is 7.57. The van der Waals surface area contributed by atoms with E-state index in [-0.39, 0.29) is 29.3 Å². The van der Waals surface area contributed by atoms with Crippen LogP contribution in [-0.2, 0) is 27.5 Å². The fraction of sp³-hybridized carbons (Fsp3) is 0.241. The summed E-state index contributed by atoms with van der Waals surface area (Å²) in [6.07, 6.45) is 0.536. The van der Waals surface area contributed by atoms with Crippen LogP contribution in [0.25, 0.3) is 4.85 Å². The number of ether oxygens (including phenoxy) is 1. The summed E-state index contributed by atoms with van der Waals surface area (Å²) < 4.78 is 29.8. The summed E-state index contributed by atoms with van der Waals surface area (Å²) in [5, 5.41) is 0. The van der Waals surface area contributed by atoms with Gasteiger partial charge < -0.3 is 4.74 Å². The maximum atomic E-state index is 12.5. The second-order valence-corrected chi connectivity index (χ2v) is 10.9. The Kier molecular flexibility index (Phi) is 8.12. The van der Waals surface area contributed by atoms with E-state index < -0.39 is 15.4 Å². The molecule has 0 aliphatic rings. The summed E-state index contributed by atoms with van der Waals surface area (Å²) in [5.41, 5.74) is 2.33. The Balaban J connectivity index is 1.57. The first-order chi connectivity index (χ1) is 16.6. The van der Waals surface area contributed by atoms with Gasteiger partial charge in [-0.3, -0.25) is 4.79 Å². The van der Waals surface area contributed by atoms with Crippen LogP contribution in [0.4, 0.5) is 5.69 Å². The number of carbonyl (C=O) groups excluding carboxylic acids is 1. The van der Waals surface area contributed by atoms with E-state index in [1.807, 2.05) is 38.1 Å². The number of hydrogen-bond donors (Lipinski definition) is 0. The number of carbonyl (C=O) groups is 1. The molecule has 0 aromatic heterocycles. The highest BCUT2D eigenvalue weighted by Gasteiger charge is 2.16. The molecule has 35 heavy (non-hydrogen) atoms. The molecular weight excluding hydrogens is 458 g/mol. The molecule has 5 nitrogen and oxygen atoms in total. The molecule has 3 aromatic rings. The lowest BCUT2D eigenvalue weighted by Gasteiger charge is -2.20. The highest BCUT2D eigenvalue weighted by molar-refractivity contribution is 7.91. The second-order valence-electron chi connectivity index (χ2n) is 8.60. The fourth-order valence-electron chi connectivity index (χ4n) is 3.34. The molecule has 0 bridgehead atoms. The smallest absolute Gasteiger partial charge is 0.187 e. The summed E-state index contributed by atoms with van der Waals surface area (Å²) in [5.74, 6) is 6.98. The van der Waals surface area contributed by atoms with Crippen LogP contribution in [0, 0.1) is 18.4 Å². The Morgan fingerprint density at radius 2 is 1.46 bits per heavy atom. The zero-order chi connectivity index (χ0) is 25.5. The second kappa shape index (κ2) is 11.0. The molecule has 0 unspecified atom stereocenters. The van der Waals surface area contributed by atoms with E-state index in [1.54, 1.807) is 55.5 Å². The number of ketones is 1. The summed E-state index contributed by atoms with van der Waals surface area (Å²) >= 11 is 0. The largest absolute Gasteiger partial charge is 0.475 e. The van der Waals surface area contributed by atoms with Crippen LogP contribution in [0.2, 0.25) is 0 Å². The Hall–Kier alpha value is -3.87. The van der Waals surface area contributed by atoms with Gasteiger partial charge in [0.15, 0.2) is 21.1 Å². The quantitative estimate of drug-likeness (QED) is 0.308. The van der Waals surface area contributed by atoms with E-state index in [1.165, 1.54) is 0 Å². The molecule has 6 heteroatoms. The third-order valence-electron chi connectivity index (χ3n) is 5.27. The maximum Gasteiger partial charge on any atom is 0.187 e. The van der Waals surface area contributed by atoms with E-state index in [4.69, 9.17) is 11.3 Å². The molecule has 0 aliphatic heterocycles. The average molecular weight is 486 g/mol. The van der Waals surface area contributed by atoms with Crippen molar-refractivity contribution in [3.63, 3.8) is 0 Å². The minimum atomic E-state index is -3.24. The SMILES string of the molecule is [C-]#[N+]c1ccc(OC(C)(C)C#Cc2ccc(CC(=O)Cc3ccc(S(=O)(=O)CC)cc3)cc2)cc1. The minimum Gasteiger partial charge on any atom is -0.475 e. The molecule has 0 heterocycles. The zero-order valence-corrected chi connectivity index (χ0v) is 20.9. The van der Waals surface area contributed by atoms with Crippen molar-refractivity contribution in [3.8, 4) is 17.6 Å². The normalized spacial score (nSPS) is 11.1. The average Bonchev–Trinajstić information content (AvgIpc) is 2.84. The fourth-order valence-corrected chi connectivity index (χ4v) is 4.22. The first-order valence-electron chi connectivity index (χ1n) is 11.2. The van der Waals surface area contributed by atoms with E-state index in [0.29, 0.717) is 11.4 Å². The third-order valence-corrected chi connectivity index (χ3v) is 7.02. The van der Waals surface area contributed by atoms with Gasteiger partial charge in [-0.05, 0) is 61.4 Å². The van der Waals surface area contributed by atoms with E-state index in [2.05, 4.69) is 16.7 Å². The van der Waals surface area contributed by atoms with Gasteiger partial charge in [0.1, 0.15) is 11.5 Å². The predicted octanol–water partition coefficient (Wildman–Crippen LogP) is 5.59. The Morgan fingerprint density at radius 3 is 1.97 bits per heavy atom. The molecule has 0 aliphatic carbocycles. The van der Waals surface area contributed by atoms with Crippen LogP contribution in [0.15, 0.2) is 77.7 Å². The van der Waals surface area contributed by atoms with Crippen LogP contribution in [0.1, 0.15) is 37.5 Å². The van der Waals surface area contributed by atoms with Gasteiger partial charge >= 0.3 is 0 Å². The van der Waals surface area contributed by atoms with Crippen molar-refractivity contribution < 1.29 is 17.9 Å². The highest BCUT2D eigenvalue weighted by atomic mass is 32.2. The highest BCUT2D eigenvalue weighted by Crippen LogP contribution is 2.22. The molecule has 178 valence electrons. The van der Waals surface area contributed by atoms with Gasteiger partial charge in [0, 0.05) is 18.4 Å². The van der Waals surface area contributed by atoms with Crippen LogP contribution >= 0.6 is 0 Å². The van der Waals surface area contributed by atoms with Gasteiger partial charge in [0.2, 0.25) is 0 Å². The lowest BCUT2D eigenvalue weighted by atomic mass is 10.0. The van der Waals surface area contributed by atoms with Crippen molar-refractivity contribution in [2.45, 2.75) is 44.1 Å². The first kappa shape index (κ1) is 25.7. The molecule has 0 saturated carbocycles. The summed E-state index contributed by atoms with van der Waals surface area (Å²) in [6, 6.07) is 21.0. The van der Waals surface area contributed by atoms with E-state index in [9.17, 15) is 13.2 Å². The first-order valence-corrected chi connectivity index (χ1v) is 12.9.